The van der Waals surface area contributed by atoms with Crippen LogP contribution in [0.5, 0.6) is 0 Å². The van der Waals surface area contributed by atoms with Crippen molar-refractivity contribution >= 4 is 11.3 Å². The lowest BCUT2D eigenvalue weighted by molar-refractivity contribution is 0.178. The quantitative estimate of drug-likeness (QED) is 0.712. The molecule has 1 atom stereocenters. The van der Waals surface area contributed by atoms with E-state index in [1.165, 1.54) is 5.56 Å². The molecule has 0 amide bonds. The number of hydrogen-bond donors (Lipinski definition) is 1. The van der Waals surface area contributed by atoms with Crippen LogP contribution in [0.4, 0.5) is 0 Å². The molecule has 0 saturated heterocycles. The fraction of sp³-hybridized carbons (Fsp3) is 0.400. The van der Waals surface area contributed by atoms with E-state index in [0.29, 0.717) is 6.42 Å². The number of aryl methyl sites for hydroxylation is 1. The molecule has 0 fully saturated rings. The Morgan fingerprint density at radius 3 is 2.75 bits per heavy atom. The Bertz CT molecular complexity index is 275. The Kier molecular flexibility index (Phi) is 3.06. The minimum absolute atomic E-state index is 0.367. The zero-order valence-electron chi connectivity index (χ0n) is 7.50. The predicted molar refractivity (Wildman–Crippen MR) is 53.4 cm³/mol. The fourth-order valence-corrected chi connectivity index (χ4v) is 2.05. The Labute approximate surface area is 77.4 Å². The van der Waals surface area contributed by atoms with Gasteiger partial charge in [-0.05, 0) is 42.2 Å². The normalized spacial score (nSPS) is 12.9. The van der Waals surface area contributed by atoms with E-state index in [1.54, 1.807) is 11.3 Å². The van der Waals surface area contributed by atoms with Gasteiger partial charge in [0.1, 0.15) is 0 Å². The van der Waals surface area contributed by atoms with E-state index in [9.17, 15) is 5.11 Å². The van der Waals surface area contributed by atoms with E-state index in [4.69, 9.17) is 0 Å². The van der Waals surface area contributed by atoms with Gasteiger partial charge in [0.25, 0.3) is 0 Å². The summed E-state index contributed by atoms with van der Waals surface area (Å²) in [6.07, 6.45) is 0.297. The van der Waals surface area contributed by atoms with Gasteiger partial charge in [0.05, 0.1) is 6.10 Å². The van der Waals surface area contributed by atoms with Crippen molar-refractivity contribution < 1.29 is 5.11 Å². The first-order chi connectivity index (χ1) is 5.61. The average molecular weight is 182 g/mol. The molecule has 1 N–H and O–H groups in total. The number of hydrogen-bond acceptors (Lipinski definition) is 2. The first-order valence-corrected chi connectivity index (χ1v) is 4.90. The maximum atomic E-state index is 9.71. The molecule has 0 saturated carbocycles. The molecule has 1 heterocycles. The first-order valence-electron chi connectivity index (χ1n) is 3.96. The summed E-state index contributed by atoms with van der Waals surface area (Å²) in [5.74, 6) is 0. The second kappa shape index (κ2) is 3.87. The SMILES string of the molecule is C=C(C)CC(O)c1cscc1C. The summed E-state index contributed by atoms with van der Waals surface area (Å²) < 4.78 is 0. The molecular weight excluding hydrogens is 168 g/mol. The highest BCUT2D eigenvalue weighted by molar-refractivity contribution is 7.08. The van der Waals surface area contributed by atoms with E-state index >= 15 is 0 Å². The summed E-state index contributed by atoms with van der Waals surface area (Å²) in [5.41, 5.74) is 3.24. The molecule has 12 heavy (non-hydrogen) atoms. The van der Waals surface area contributed by atoms with Crippen LogP contribution in [0.2, 0.25) is 0 Å². The number of aliphatic hydroxyl groups is 1. The van der Waals surface area contributed by atoms with Gasteiger partial charge < -0.3 is 5.11 Å². The molecule has 0 aliphatic heterocycles. The molecule has 2 heteroatoms. The van der Waals surface area contributed by atoms with Gasteiger partial charge in [0.2, 0.25) is 0 Å². The summed E-state index contributed by atoms with van der Waals surface area (Å²) in [4.78, 5) is 0. The number of rotatable bonds is 3. The highest BCUT2D eigenvalue weighted by Crippen LogP contribution is 2.25. The summed E-state index contributed by atoms with van der Waals surface area (Å²) in [5, 5.41) is 13.8. The van der Waals surface area contributed by atoms with Crippen LogP contribution in [0, 0.1) is 6.92 Å². The van der Waals surface area contributed by atoms with Gasteiger partial charge >= 0.3 is 0 Å². The molecule has 1 rings (SSSR count). The third kappa shape index (κ3) is 2.19. The summed E-state index contributed by atoms with van der Waals surface area (Å²) in [7, 11) is 0. The van der Waals surface area contributed by atoms with E-state index < -0.39 is 0 Å². The minimum Gasteiger partial charge on any atom is -0.388 e. The van der Waals surface area contributed by atoms with Gasteiger partial charge in [0.15, 0.2) is 0 Å². The molecule has 1 nitrogen and oxygen atoms in total. The van der Waals surface area contributed by atoms with Crippen LogP contribution in [0.3, 0.4) is 0 Å². The van der Waals surface area contributed by atoms with Crippen molar-refractivity contribution in [2.24, 2.45) is 0 Å². The first kappa shape index (κ1) is 9.49. The summed E-state index contributed by atoms with van der Waals surface area (Å²) in [6, 6.07) is 0. The molecule has 66 valence electrons. The molecule has 0 spiro atoms. The van der Waals surface area contributed by atoms with Crippen molar-refractivity contribution in [2.45, 2.75) is 26.4 Å². The molecule has 1 aromatic rings. The summed E-state index contributed by atoms with van der Waals surface area (Å²) >= 11 is 1.63. The Morgan fingerprint density at radius 2 is 2.33 bits per heavy atom. The van der Waals surface area contributed by atoms with Crippen LogP contribution in [0.1, 0.15) is 30.6 Å². The largest absolute Gasteiger partial charge is 0.388 e. The van der Waals surface area contributed by atoms with Crippen LogP contribution in [-0.2, 0) is 0 Å². The zero-order chi connectivity index (χ0) is 9.14. The topological polar surface area (TPSA) is 20.2 Å². The van der Waals surface area contributed by atoms with E-state index in [0.717, 1.165) is 11.1 Å². The average Bonchev–Trinajstić information content (AvgIpc) is 2.33. The smallest absolute Gasteiger partial charge is 0.0837 e. The lowest BCUT2D eigenvalue weighted by atomic mass is 10.0. The highest BCUT2D eigenvalue weighted by atomic mass is 32.1. The Hall–Kier alpha value is -0.600. The summed E-state index contributed by atoms with van der Waals surface area (Å²) in [6.45, 7) is 7.73. The monoisotopic (exact) mass is 182 g/mol. The maximum Gasteiger partial charge on any atom is 0.0837 e. The third-order valence-corrected chi connectivity index (χ3v) is 2.68. The molecule has 0 bridgehead atoms. The van der Waals surface area contributed by atoms with Gasteiger partial charge in [-0.3, -0.25) is 0 Å². The van der Waals surface area contributed by atoms with Crippen molar-refractivity contribution in [2.75, 3.05) is 0 Å². The second-order valence-electron chi connectivity index (χ2n) is 3.19. The van der Waals surface area contributed by atoms with Crippen LogP contribution in [-0.4, -0.2) is 5.11 Å². The van der Waals surface area contributed by atoms with E-state index in [-0.39, 0.29) is 6.10 Å². The van der Waals surface area contributed by atoms with E-state index in [2.05, 4.69) is 12.0 Å². The van der Waals surface area contributed by atoms with Gasteiger partial charge in [0, 0.05) is 0 Å². The van der Waals surface area contributed by atoms with Crippen molar-refractivity contribution in [3.63, 3.8) is 0 Å². The molecule has 1 aromatic heterocycles. The van der Waals surface area contributed by atoms with Crippen LogP contribution < -0.4 is 0 Å². The Morgan fingerprint density at radius 1 is 1.67 bits per heavy atom. The molecular formula is C10H14OS. The highest BCUT2D eigenvalue weighted by Gasteiger charge is 2.10. The third-order valence-electron chi connectivity index (χ3n) is 1.80. The molecule has 0 aliphatic carbocycles. The number of aliphatic hydroxyl groups excluding tert-OH is 1. The van der Waals surface area contributed by atoms with Crippen molar-refractivity contribution in [1.82, 2.24) is 0 Å². The predicted octanol–water partition coefficient (Wildman–Crippen LogP) is 3.06. The molecule has 0 radical (unpaired) electrons. The van der Waals surface area contributed by atoms with Crippen molar-refractivity contribution in [1.29, 1.82) is 0 Å². The minimum atomic E-state index is -0.367. The van der Waals surface area contributed by atoms with Gasteiger partial charge in [-0.2, -0.15) is 11.3 Å². The lowest BCUT2D eigenvalue weighted by Crippen LogP contribution is -1.97. The van der Waals surface area contributed by atoms with Crippen LogP contribution >= 0.6 is 11.3 Å². The fourth-order valence-electron chi connectivity index (χ4n) is 1.15. The van der Waals surface area contributed by atoms with Crippen molar-refractivity contribution in [3.05, 3.63) is 34.0 Å². The van der Waals surface area contributed by atoms with Gasteiger partial charge in [-0.1, -0.05) is 5.57 Å². The molecule has 1 unspecified atom stereocenters. The second-order valence-corrected chi connectivity index (χ2v) is 3.93. The van der Waals surface area contributed by atoms with Gasteiger partial charge in [-0.15, -0.1) is 6.58 Å². The van der Waals surface area contributed by atoms with Gasteiger partial charge in [-0.25, -0.2) is 0 Å². The standard InChI is InChI=1S/C10H14OS/c1-7(2)4-10(11)9-6-12-5-8(9)3/h5-6,10-11H,1,4H2,2-3H3. The van der Waals surface area contributed by atoms with Crippen LogP contribution in [0.15, 0.2) is 22.9 Å². The molecule has 0 aromatic carbocycles. The van der Waals surface area contributed by atoms with E-state index in [1.807, 2.05) is 19.2 Å². The lowest BCUT2D eigenvalue weighted by Gasteiger charge is -2.09. The number of thiophene rings is 1. The zero-order valence-corrected chi connectivity index (χ0v) is 8.32. The van der Waals surface area contributed by atoms with Crippen molar-refractivity contribution in [3.8, 4) is 0 Å². The Balaban J connectivity index is 2.71. The molecule has 0 aliphatic rings. The maximum absolute atomic E-state index is 9.71. The van der Waals surface area contributed by atoms with Crippen LogP contribution in [0.25, 0.3) is 0 Å².